The van der Waals surface area contributed by atoms with Crippen LogP contribution in [0.25, 0.3) is 0 Å². The number of carbonyl (C=O) groups is 2. The van der Waals surface area contributed by atoms with Crippen LogP contribution in [0, 0.1) is 0 Å². The molecule has 5 heteroatoms. The van der Waals surface area contributed by atoms with Crippen molar-refractivity contribution < 1.29 is 19.1 Å². The molecule has 1 aromatic carbocycles. The van der Waals surface area contributed by atoms with E-state index < -0.39 is 5.54 Å². The van der Waals surface area contributed by atoms with Gasteiger partial charge in [-0.15, -0.1) is 0 Å². The third-order valence-electron chi connectivity index (χ3n) is 4.16. The fraction of sp³-hybridized carbons (Fsp3) is 0.529. The van der Waals surface area contributed by atoms with Gasteiger partial charge in [-0.25, -0.2) is 4.79 Å². The lowest BCUT2D eigenvalue weighted by molar-refractivity contribution is -0.149. The number of nitrogens with one attached hydrogen (secondary N) is 1. The number of hydrogen-bond acceptors (Lipinski definition) is 4. The lowest BCUT2D eigenvalue weighted by Gasteiger charge is -2.35. The van der Waals surface area contributed by atoms with Crippen LogP contribution in [0.1, 0.15) is 48.0 Å². The Morgan fingerprint density at radius 3 is 2.27 bits per heavy atom. The molecule has 1 aliphatic carbocycles. The summed E-state index contributed by atoms with van der Waals surface area (Å²) in [6, 6.07) is 7.20. The summed E-state index contributed by atoms with van der Waals surface area (Å²) in [7, 11) is 2.99. The topological polar surface area (TPSA) is 64.6 Å². The van der Waals surface area contributed by atoms with Crippen molar-refractivity contribution in [3.8, 4) is 0 Å². The second-order valence-electron chi connectivity index (χ2n) is 5.72. The number of rotatable bonds is 5. The maximum Gasteiger partial charge on any atom is 0.331 e. The van der Waals surface area contributed by atoms with E-state index >= 15 is 0 Å². The molecule has 22 heavy (non-hydrogen) atoms. The zero-order valence-corrected chi connectivity index (χ0v) is 13.2. The van der Waals surface area contributed by atoms with Gasteiger partial charge in [0.15, 0.2) is 0 Å². The van der Waals surface area contributed by atoms with E-state index in [0.717, 1.165) is 24.8 Å². The number of methoxy groups -OCH3 is 2. The molecular formula is C17H23NO4. The lowest BCUT2D eigenvalue weighted by Crippen LogP contribution is -2.56. The summed E-state index contributed by atoms with van der Waals surface area (Å²) in [5, 5.41) is 2.91. The van der Waals surface area contributed by atoms with Gasteiger partial charge in [0, 0.05) is 12.7 Å². The molecular weight excluding hydrogens is 282 g/mol. The van der Waals surface area contributed by atoms with E-state index in [1.165, 1.54) is 7.11 Å². The number of amides is 1. The standard InChI is InChI=1S/C17H23NO4/c1-21-12-13-6-8-14(9-7-13)15(19)18-17(16(20)22-2)10-4-3-5-11-17/h6-9H,3-5,10-12H2,1-2H3,(H,18,19). The highest BCUT2D eigenvalue weighted by Crippen LogP contribution is 2.29. The summed E-state index contributed by atoms with van der Waals surface area (Å²) in [5.41, 5.74) is 0.656. The van der Waals surface area contributed by atoms with E-state index in [1.54, 1.807) is 19.2 Å². The third kappa shape index (κ3) is 3.65. The quantitative estimate of drug-likeness (QED) is 0.849. The summed E-state index contributed by atoms with van der Waals surface area (Å²) in [4.78, 5) is 24.6. The minimum absolute atomic E-state index is 0.240. The molecule has 120 valence electrons. The highest BCUT2D eigenvalue weighted by Gasteiger charge is 2.42. The third-order valence-corrected chi connectivity index (χ3v) is 4.16. The van der Waals surface area contributed by atoms with Crippen LogP contribution in [0.15, 0.2) is 24.3 Å². The second-order valence-corrected chi connectivity index (χ2v) is 5.72. The fourth-order valence-electron chi connectivity index (χ4n) is 2.94. The largest absolute Gasteiger partial charge is 0.467 e. The highest BCUT2D eigenvalue weighted by atomic mass is 16.5. The zero-order chi connectivity index (χ0) is 16.0. The van der Waals surface area contributed by atoms with Crippen molar-refractivity contribution in [2.75, 3.05) is 14.2 Å². The molecule has 1 N–H and O–H groups in total. The molecule has 0 heterocycles. The predicted molar refractivity (Wildman–Crippen MR) is 82.5 cm³/mol. The van der Waals surface area contributed by atoms with E-state index in [0.29, 0.717) is 25.0 Å². The van der Waals surface area contributed by atoms with Crippen LogP contribution >= 0.6 is 0 Å². The smallest absolute Gasteiger partial charge is 0.331 e. The first-order valence-corrected chi connectivity index (χ1v) is 7.60. The van der Waals surface area contributed by atoms with Crippen LogP contribution in [-0.4, -0.2) is 31.6 Å². The van der Waals surface area contributed by atoms with Crippen molar-refractivity contribution in [1.29, 1.82) is 0 Å². The minimum Gasteiger partial charge on any atom is -0.467 e. The molecule has 2 rings (SSSR count). The van der Waals surface area contributed by atoms with E-state index in [1.807, 2.05) is 12.1 Å². The summed E-state index contributed by atoms with van der Waals surface area (Å²) >= 11 is 0. The predicted octanol–water partition coefficient (Wildman–Crippen LogP) is 2.44. The van der Waals surface area contributed by atoms with Gasteiger partial charge in [0.2, 0.25) is 0 Å². The van der Waals surface area contributed by atoms with Crippen molar-refractivity contribution in [3.63, 3.8) is 0 Å². The Morgan fingerprint density at radius 1 is 1.09 bits per heavy atom. The van der Waals surface area contributed by atoms with E-state index in [4.69, 9.17) is 9.47 Å². The summed E-state index contributed by atoms with van der Waals surface area (Å²) < 4.78 is 9.96. The van der Waals surface area contributed by atoms with E-state index in [2.05, 4.69) is 5.32 Å². The highest BCUT2D eigenvalue weighted by molar-refractivity contribution is 5.98. The van der Waals surface area contributed by atoms with Gasteiger partial charge < -0.3 is 14.8 Å². The Kier molecular flexibility index (Phi) is 5.55. The Bertz CT molecular complexity index is 518. The first-order valence-electron chi connectivity index (χ1n) is 7.60. The molecule has 0 aromatic heterocycles. The van der Waals surface area contributed by atoms with Gasteiger partial charge in [0.1, 0.15) is 5.54 Å². The van der Waals surface area contributed by atoms with Gasteiger partial charge >= 0.3 is 5.97 Å². The molecule has 1 saturated carbocycles. The van der Waals surface area contributed by atoms with E-state index in [9.17, 15) is 9.59 Å². The first-order chi connectivity index (χ1) is 10.6. The van der Waals surface area contributed by atoms with Crippen molar-refractivity contribution in [1.82, 2.24) is 5.32 Å². The van der Waals surface area contributed by atoms with Crippen molar-refractivity contribution in [3.05, 3.63) is 35.4 Å². The van der Waals surface area contributed by atoms with Crippen molar-refractivity contribution in [2.24, 2.45) is 0 Å². The molecule has 1 aromatic rings. The fourth-order valence-corrected chi connectivity index (χ4v) is 2.94. The van der Waals surface area contributed by atoms with Crippen LogP contribution in [-0.2, 0) is 20.9 Å². The SMILES string of the molecule is COCc1ccc(C(=O)NC2(C(=O)OC)CCCCC2)cc1. The second kappa shape index (κ2) is 7.40. The molecule has 1 fully saturated rings. The van der Waals surface area contributed by atoms with Crippen LogP contribution in [0.5, 0.6) is 0 Å². The number of ether oxygens (including phenoxy) is 2. The van der Waals surface area contributed by atoms with Gasteiger partial charge in [0.25, 0.3) is 5.91 Å². The summed E-state index contributed by atoms with van der Waals surface area (Å²) in [6.45, 7) is 0.508. The van der Waals surface area contributed by atoms with E-state index in [-0.39, 0.29) is 11.9 Å². The lowest BCUT2D eigenvalue weighted by atomic mass is 9.81. The summed E-state index contributed by atoms with van der Waals surface area (Å²) in [5.74, 6) is -0.590. The Balaban J connectivity index is 2.12. The molecule has 0 atom stereocenters. The molecule has 0 radical (unpaired) electrons. The van der Waals surface area contributed by atoms with Crippen LogP contribution < -0.4 is 5.32 Å². The van der Waals surface area contributed by atoms with Crippen molar-refractivity contribution >= 4 is 11.9 Å². The van der Waals surface area contributed by atoms with Crippen LogP contribution in [0.3, 0.4) is 0 Å². The molecule has 1 aliphatic rings. The van der Waals surface area contributed by atoms with Gasteiger partial charge in [-0.2, -0.15) is 0 Å². The molecule has 0 aliphatic heterocycles. The Hall–Kier alpha value is -1.88. The van der Waals surface area contributed by atoms with Crippen molar-refractivity contribution in [2.45, 2.75) is 44.2 Å². The normalized spacial score (nSPS) is 16.8. The molecule has 1 amide bonds. The minimum atomic E-state index is -0.880. The Labute approximate surface area is 131 Å². The van der Waals surface area contributed by atoms with Crippen LogP contribution in [0.4, 0.5) is 0 Å². The number of hydrogen-bond donors (Lipinski definition) is 1. The molecule has 5 nitrogen and oxygen atoms in total. The maximum atomic E-state index is 12.5. The summed E-state index contributed by atoms with van der Waals surface area (Å²) in [6.07, 6.45) is 4.19. The van der Waals surface area contributed by atoms with Gasteiger partial charge in [-0.05, 0) is 30.5 Å². The number of esters is 1. The van der Waals surface area contributed by atoms with Crippen LogP contribution in [0.2, 0.25) is 0 Å². The average molecular weight is 305 g/mol. The molecule has 0 unspecified atom stereocenters. The maximum absolute atomic E-state index is 12.5. The number of carbonyl (C=O) groups excluding carboxylic acids is 2. The monoisotopic (exact) mass is 305 g/mol. The zero-order valence-electron chi connectivity index (χ0n) is 13.2. The van der Waals surface area contributed by atoms with Gasteiger partial charge in [-0.1, -0.05) is 31.4 Å². The average Bonchev–Trinajstić information content (AvgIpc) is 2.55. The molecule has 0 bridgehead atoms. The van der Waals surface area contributed by atoms with Gasteiger partial charge in [-0.3, -0.25) is 4.79 Å². The van der Waals surface area contributed by atoms with Gasteiger partial charge in [0.05, 0.1) is 13.7 Å². The molecule has 0 spiro atoms. The first kappa shape index (κ1) is 16.5. The Morgan fingerprint density at radius 2 is 1.73 bits per heavy atom. The molecule has 0 saturated heterocycles. The number of benzene rings is 1.